The minimum Gasteiger partial charge on any atom is -0.368 e. The van der Waals surface area contributed by atoms with Gasteiger partial charge >= 0.3 is 6.30 Å². The molecule has 0 saturated carbocycles. The van der Waals surface area contributed by atoms with Gasteiger partial charge in [-0.3, -0.25) is 0 Å². The topological polar surface area (TPSA) is 84.9 Å². The molecule has 3 heterocycles. The highest BCUT2D eigenvalue weighted by atomic mass is 19.4. The Bertz CT molecular complexity index is 719. The Balaban J connectivity index is 1.94. The van der Waals surface area contributed by atoms with Gasteiger partial charge in [0.15, 0.2) is 0 Å². The number of hydrogen-bond donors (Lipinski definition) is 2. The summed E-state index contributed by atoms with van der Waals surface area (Å²) < 4.78 is 38.2. The zero-order valence-electron chi connectivity index (χ0n) is 12.6. The summed E-state index contributed by atoms with van der Waals surface area (Å²) in [5, 5.41) is 6.63. The molecule has 0 bridgehead atoms. The van der Waals surface area contributed by atoms with Crippen molar-refractivity contribution < 1.29 is 13.2 Å². The van der Waals surface area contributed by atoms with Crippen LogP contribution >= 0.6 is 0 Å². The van der Waals surface area contributed by atoms with Gasteiger partial charge in [0.05, 0.1) is 11.4 Å². The fraction of sp³-hybridized carbons (Fsp3) is 0.462. The van der Waals surface area contributed by atoms with E-state index in [4.69, 9.17) is 5.73 Å². The van der Waals surface area contributed by atoms with Gasteiger partial charge in [-0.05, 0) is 14.0 Å². The van der Waals surface area contributed by atoms with E-state index in [1.165, 1.54) is 6.92 Å². The van der Waals surface area contributed by atoms with Crippen LogP contribution < -0.4 is 16.0 Å². The van der Waals surface area contributed by atoms with Gasteiger partial charge in [0.1, 0.15) is 5.82 Å². The van der Waals surface area contributed by atoms with Crippen LogP contribution in [0.25, 0.3) is 11.3 Å². The molecule has 0 atom stereocenters. The number of anilines is 2. The van der Waals surface area contributed by atoms with Crippen LogP contribution in [0.3, 0.4) is 0 Å². The molecular formula is C13H16F3N7. The van der Waals surface area contributed by atoms with E-state index >= 15 is 0 Å². The first-order valence-electron chi connectivity index (χ1n) is 6.98. The fourth-order valence-electron chi connectivity index (χ4n) is 2.44. The van der Waals surface area contributed by atoms with Crippen molar-refractivity contribution in [3.8, 4) is 11.3 Å². The number of nitrogen functional groups attached to an aromatic ring is 1. The molecule has 1 aliphatic heterocycles. The van der Waals surface area contributed by atoms with E-state index in [1.807, 2.05) is 11.9 Å². The number of alkyl halides is 3. The lowest BCUT2D eigenvalue weighted by Gasteiger charge is -2.40. The fourth-order valence-corrected chi connectivity index (χ4v) is 2.44. The van der Waals surface area contributed by atoms with Crippen LogP contribution in [0.1, 0.15) is 5.69 Å². The molecule has 0 spiro atoms. The maximum Gasteiger partial charge on any atom is 0.504 e. The van der Waals surface area contributed by atoms with Gasteiger partial charge in [-0.1, -0.05) is 0 Å². The molecule has 1 saturated heterocycles. The molecule has 0 amide bonds. The van der Waals surface area contributed by atoms with Crippen LogP contribution in [0, 0.1) is 6.92 Å². The highest BCUT2D eigenvalue weighted by Crippen LogP contribution is 2.30. The Morgan fingerprint density at radius 3 is 2.57 bits per heavy atom. The number of aryl methyl sites for hydroxylation is 1. The van der Waals surface area contributed by atoms with Crippen LogP contribution in [-0.4, -0.2) is 45.9 Å². The van der Waals surface area contributed by atoms with E-state index in [0.717, 1.165) is 19.3 Å². The minimum atomic E-state index is -4.57. The number of hydrogen-bond acceptors (Lipinski definition) is 6. The lowest BCUT2D eigenvalue weighted by atomic mass is 10.1. The molecule has 0 aromatic carbocycles. The summed E-state index contributed by atoms with van der Waals surface area (Å²) in [4.78, 5) is 10.2. The Kier molecular flexibility index (Phi) is 3.63. The van der Waals surface area contributed by atoms with Gasteiger partial charge in [0, 0.05) is 37.0 Å². The van der Waals surface area contributed by atoms with E-state index < -0.39 is 6.30 Å². The van der Waals surface area contributed by atoms with Crippen LogP contribution in [-0.2, 0) is 6.30 Å². The third-order valence-corrected chi connectivity index (χ3v) is 3.78. The molecule has 7 nitrogen and oxygen atoms in total. The second-order valence-electron chi connectivity index (χ2n) is 5.40. The first kappa shape index (κ1) is 15.5. The van der Waals surface area contributed by atoms with Gasteiger partial charge in [-0.2, -0.15) is 14.8 Å². The number of nitrogens with two attached hydrogens (primary N) is 1. The number of halogens is 3. The molecule has 2 aromatic rings. The summed E-state index contributed by atoms with van der Waals surface area (Å²) in [7, 11) is 1.87. The van der Waals surface area contributed by atoms with Crippen molar-refractivity contribution >= 4 is 11.8 Å². The van der Waals surface area contributed by atoms with E-state index in [9.17, 15) is 13.2 Å². The Hall–Kier alpha value is -2.36. The normalized spacial score (nSPS) is 15.8. The highest BCUT2D eigenvalue weighted by molar-refractivity contribution is 5.66. The molecule has 10 heteroatoms. The first-order chi connectivity index (χ1) is 10.8. The standard InChI is InChI=1S/C13H16F3N7/c1-7-9(6-23(21-7)13(14,15)16)10-3-11(20-12(17)19-10)22-4-8(5-22)18-2/h3,6,8,18H,4-5H2,1-2H3,(H2,17,19,20). The number of rotatable bonds is 3. The molecule has 2 aromatic heterocycles. The number of nitrogens with zero attached hydrogens (tertiary/aromatic N) is 5. The number of aromatic nitrogens is 4. The Morgan fingerprint density at radius 2 is 2.00 bits per heavy atom. The van der Waals surface area contributed by atoms with E-state index in [2.05, 4.69) is 20.4 Å². The summed E-state index contributed by atoms with van der Waals surface area (Å²) in [6.45, 7) is 3.01. The van der Waals surface area contributed by atoms with Crippen molar-refractivity contribution in [2.45, 2.75) is 19.3 Å². The highest BCUT2D eigenvalue weighted by Gasteiger charge is 2.33. The van der Waals surface area contributed by atoms with Crippen LogP contribution in [0.15, 0.2) is 12.3 Å². The predicted octanol–water partition coefficient (Wildman–Crippen LogP) is 1.12. The molecular weight excluding hydrogens is 311 g/mol. The number of nitrogens with one attached hydrogen (secondary N) is 1. The van der Waals surface area contributed by atoms with E-state index in [1.54, 1.807) is 6.07 Å². The molecule has 1 aliphatic rings. The molecule has 0 radical (unpaired) electrons. The predicted molar refractivity (Wildman–Crippen MR) is 78.8 cm³/mol. The van der Waals surface area contributed by atoms with Crippen molar-refractivity contribution in [2.75, 3.05) is 30.8 Å². The number of likely N-dealkylation sites (N-methyl/N-ethyl adjacent to an activating group) is 1. The largest absolute Gasteiger partial charge is 0.504 e. The second kappa shape index (κ2) is 5.37. The molecule has 0 unspecified atom stereocenters. The lowest BCUT2D eigenvalue weighted by Crippen LogP contribution is -2.57. The van der Waals surface area contributed by atoms with Crippen LogP contribution in [0.2, 0.25) is 0 Å². The third kappa shape index (κ3) is 2.93. The molecule has 124 valence electrons. The maximum absolute atomic E-state index is 12.8. The average Bonchev–Trinajstić information content (AvgIpc) is 2.79. The molecule has 3 rings (SSSR count). The van der Waals surface area contributed by atoms with Crippen LogP contribution in [0.4, 0.5) is 24.9 Å². The Labute approximate surface area is 130 Å². The molecule has 0 aliphatic carbocycles. The smallest absolute Gasteiger partial charge is 0.368 e. The lowest BCUT2D eigenvalue weighted by molar-refractivity contribution is -0.212. The summed E-state index contributed by atoms with van der Waals surface area (Å²) in [6, 6.07) is 2.00. The van der Waals surface area contributed by atoms with Crippen molar-refractivity contribution in [1.29, 1.82) is 0 Å². The zero-order chi connectivity index (χ0) is 16.8. The summed E-state index contributed by atoms with van der Waals surface area (Å²) in [5.74, 6) is 0.614. The molecule has 23 heavy (non-hydrogen) atoms. The van der Waals surface area contributed by atoms with Crippen molar-refractivity contribution in [2.24, 2.45) is 0 Å². The molecule has 3 N–H and O–H groups in total. The van der Waals surface area contributed by atoms with E-state index in [-0.39, 0.29) is 21.9 Å². The van der Waals surface area contributed by atoms with Crippen molar-refractivity contribution in [3.05, 3.63) is 18.0 Å². The molecule has 1 fully saturated rings. The maximum atomic E-state index is 12.8. The van der Waals surface area contributed by atoms with E-state index in [0.29, 0.717) is 17.6 Å². The van der Waals surface area contributed by atoms with Crippen molar-refractivity contribution in [3.63, 3.8) is 0 Å². The van der Waals surface area contributed by atoms with Gasteiger partial charge < -0.3 is 16.0 Å². The van der Waals surface area contributed by atoms with Gasteiger partial charge in [0.25, 0.3) is 0 Å². The SMILES string of the molecule is CNC1CN(c2cc(-c3cn(C(F)(F)F)nc3C)nc(N)n2)C1. The first-order valence-corrected chi connectivity index (χ1v) is 6.98. The monoisotopic (exact) mass is 327 g/mol. The zero-order valence-corrected chi connectivity index (χ0v) is 12.6. The van der Waals surface area contributed by atoms with Gasteiger partial charge in [-0.15, -0.1) is 13.2 Å². The minimum absolute atomic E-state index is 0.0181. The summed E-state index contributed by atoms with van der Waals surface area (Å²) in [6.07, 6.45) is -3.66. The quantitative estimate of drug-likeness (QED) is 0.879. The second-order valence-corrected chi connectivity index (χ2v) is 5.40. The van der Waals surface area contributed by atoms with Gasteiger partial charge in [-0.25, -0.2) is 4.98 Å². The van der Waals surface area contributed by atoms with Crippen LogP contribution in [0.5, 0.6) is 0 Å². The average molecular weight is 327 g/mol. The summed E-state index contributed by atoms with van der Waals surface area (Å²) >= 11 is 0. The Morgan fingerprint density at radius 1 is 1.30 bits per heavy atom. The third-order valence-electron chi connectivity index (χ3n) is 3.78. The van der Waals surface area contributed by atoms with Gasteiger partial charge in [0.2, 0.25) is 5.95 Å². The van der Waals surface area contributed by atoms with Crippen molar-refractivity contribution in [1.82, 2.24) is 25.1 Å². The summed E-state index contributed by atoms with van der Waals surface area (Å²) in [5.41, 5.74) is 6.54.